The Balaban J connectivity index is 3.48. The van der Waals surface area contributed by atoms with Crippen molar-refractivity contribution >= 4 is 6.09 Å². The van der Waals surface area contributed by atoms with Gasteiger partial charge in [0.05, 0.1) is 6.61 Å². The van der Waals surface area contributed by atoms with Crippen molar-refractivity contribution in [3.63, 3.8) is 0 Å². The molecule has 0 unspecified atom stereocenters. The molecule has 13 heavy (non-hydrogen) atoms. The van der Waals surface area contributed by atoms with E-state index >= 15 is 0 Å². The summed E-state index contributed by atoms with van der Waals surface area (Å²) < 4.78 is 4.38. The van der Waals surface area contributed by atoms with Crippen LogP contribution in [0.5, 0.6) is 0 Å². The third-order valence-electron chi connectivity index (χ3n) is 1.42. The Morgan fingerprint density at radius 2 is 2.31 bits per heavy atom. The molecule has 6 nitrogen and oxygen atoms in total. The van der Waals surface area contributed by atoms with E-state index in [4.69, 9.17) is 10.8 Å². The minimum atomic E-state index is -0.899. The van der Waals surface area contributed by atoms with Gasteiger partial charge in [-0.2, -0.15) is 0 Å². The van der Waals surface area contributed by atoms with Gasteiger partial charge in [0.1, 0.15) is 12.7 Å². The SMILES string of the molecule is CN(CCO)C[C@H](O)COC(N)=O. The summed E-state index contributed by atoms with van der Waals surface area (Å²) in [6.07, 6.45) is -1.67. The lowest BCUT2D eigenvalue weighted by molar-refractivity contribution is 0.0491. The maximum absolute atomic E-state index is 10.2. The van der Waals surface area contributed by atoms with E-state index in [-0.39, 0.29) is 13.2 Å². The molecule has 0 saturated heterocycles. The minimum absolute atomic E-state index is 0.0277. The number of amides is 1. The molecule has 1 atom stereocenters. The molecule has 78 valence electrons. The zero-order chi connectivity index (χ0) is 10.3. The number of nitrogens with zero attached hydrogens (tertiary/aromatic N) is 1. The van der Waals surface area contributed by atoms with E-state index in [9.17, 15) is 9.90 Å². The van der Waals surface area contributed by atoms with Crippen molar-refractivity contribution < 1.29 is 19.7 Å². The first-order chi connectivity index (χ1) is 6.06. The number of carbonyl (C=O) groups is 1. The summed E-state index contributed by atoms with van der Waals surface area (Å²) in [6, 6.07) is 0. The fourth-order valence-electron chi connectivity index (χ4n) is 0.853. The first kappa shape index (κ1) is 12.2. The lowest BCUT2D eigenvalue weighted by Gasteiger charge is -2.18. The average molecular weight is 192 g/mol. The van der Waals surface area contributed by atoms with Crippen LogP contribution in [0.2, 0.25) is 0 Å². The molecule has 0 bridgehead atoms. The summed E-state index contributed by atoms with van der Waals surface area (Å²) in [7, 11) is 1.74. The molecule has 0 spiro atoms. The summed E-state index contributed by atoms with van der Waals surface area (Å²) in [4.78, 5) is 11.9. The fraction of sp³-hybridized carbons (Fsp3) is 0.857. The largest absolute Gasteiger partial charge is 0.447 e. The predicted octanol–water partition coefficient (Wildman–Crippen LogP) is -1.63. The number of aliphatic hydroxyl groups excluding tert-OH is 2. The number of primary amides is 1. The summed E-state index contributed by atoms with van der Waals surface area (Å²) in [5.74, 6) is 0. The summed E-state index contributed by atoms with van der Waals surface area (Å²) in [5, 5.41) is 17.8. The van der Waals surface area contributed by atoms with Gasteiger partial charge >= 0.3 is 6.09 Å². The second-order valence-corrected chi connectivity index (χ2v) is 2.77. The molecule has 0 rings (SSSR count). The number of carbonyl (C=O) groups excluding carboxylic acids is 1. The number of hydrogen-bond donors (Lipinski definition) is 3. The van der Waals surface area contributed by atoms with Crippen molar-refractivity contribution in [2.45, 2.75) is 6.10 Å². The first-order valence-electron chi connectivity index (χ1n) is 3.96. The van der Waals surface area contributed by atoms with Crippen LogP contribution in [-0.4, -0.2) is 60.7 Å². The Labute approximate surface area is 76.9 Å². The van der Waals surface area contributed by atoms with Crippen LogP contribution in [0.3, 0.4) is 0 Å². The van der Waals surface area contributed by atoms with Gasteiger partial charge in [0.2, 0.25) is 0 Å². The van der Waals surface area contributed by atoms with E-state index in [1.165, 1.54) is 0 Å². The van der Waals surface area contributed by atoms with Gasteiger partial charge < -0.3 is 25.6 Å². The highest BCUT2D eigenvalue weighted by Crippen LogP contribution is 1.90. The molecule has 0 aromatic carbocycles. The van der Waals surface area contributed by atoms with Crippen LogP contribution in [-0.2, 0) is 4.74 Å². The molecule has 0 aliphatic carbocycles. The van der Waals surface area contributed by atoms with Crippen molar-refractivity contribution in [1.29, 1.82) is 0 Å². The van der Waals surface area contributed by atoms with Crippen molar-refractivity contribution in [3.8, 4) is 0 Å². The Morgan fingerprint density at radius 1 is 1.69 bits per heavy atom. The van der Waals surface area contributed by atoms with Gasteiger partial charge in [-0.1, -0.05) is 0 Å². The molecular weight excluding hydrogens is 176 g/mol. The van der Waals surface area contributed by atoms with Crippen LogP contribution in [0.15, 0.2) is 0 Å². The molecule has 6 heteroatoms. The molecule has 0 aromatic rings. The maximum Gasteiger partial charge on any atom is 0.404 e. The second-order valence-electron chi connectivity index (χ2n) is 2.77. The highest BCUT2D eigenvalue weighted by Gasteiger charge is 2.09. The van der Waals surface area contributed by atoms with Crippen molar-refractivity contribution in [1.82, 2.24) is 4.90 Å². The van der Waals surface area contributed by atoms with Crippen molar-refractivity contribution in [3.05, 3.63) is 0 Å². The normalized spacial score (nSPS) is 12.9. The quantitative estimate of drug-likeness (QED) is 0.469. The van der Waals surface area contributed by atoms with Gasteiger partial charge in [-0.05, 0) is 7.05 Å². The molecule has 0 saturated carbocycles. The van der Waals surface area contributed by atoms with Gasteiger partial charge in [0, 0.05) is 13.1 Å². The zero-order valence-electron chi connectivity index (χ0n) is 7.64. The lowest BCUT2D eigenvalue weighted by Crippen LogP contribution is -2.35. The number of rotatable bonds is 6. The van der Waals surface area contributed by atoms with Crippen LogP contribution in [0.25, 0.3) is 0 Å². The highest BCUT2D eigenvalue weighted by molar-refractivity contribution is 5.64. The van der Waals surface area contributed by atoms with E-state index in [0.29, 0.717) is 13.1 Å². The van der Waals surface area contributed by atoms with Crippen LogP contribution >= 0.6 is 0 Å². The topological polar surface area (TPSA) is 96.0 Å². The average Bonchev–Trinajstić information content (AvgIpc) is 2.01. The smallest absolute Gasteiger partial charge is 0.404 e. The Morgan fingerprint density at radius 3 is 2.77 bits per heavy atom. The minimum Gasteiger partial charge on any atom is -0.447 e. The number of likely N-dealkylation sites (N-methyl/N-ethyl adjacent to an activating group) is 1. The standard InChI is InChI=1S/C7H16N2O4/c1-9(2-3-10)4-6(11)5-13-7(8)12/h6,10-11H,2-5H2,1H3,(H2,8,12)/t6-/m0/s1. The van der Waals surface area contributed by atoms with E-state index in [2.05, 4.69) is 4.74 Å². The molecule has 0 heterocycles. The molecule has 0 fully saturated rings. The summed E-state index contributed by atoms with van der Waals surface area (Å²) in [5.41, 5.74) is 4.70. The van der Waals surface area contributed by atoms with Crippen molar-refractivity contribution in [2.75, 3.05) is 33.4 Å². The Hall–Kier alpha value is -0.850. The Bertz CT molecular complexity index is 153. The first-order valence-corrected chi connectivity index (χ1v) is 3.96. The van der Waals surface area contributed by atoms with Crippen LogP contribution in [0, 0.1) is 0 Å². The van der Waals surface area contributed by atoms with Gasteiger partial charge in [0.15, 0.2) is 0 Å². The lowest BCUT2D eigenvalue weighted by atomic mass is 10.3. The zero-order valence-corrected chi connectivity index (χ0v) is 7.64. The maximum atomic E-state index is 10.2. The monoisotopic (exact) mass is 192 g/mol. The predicted molar refractivity (Wildman–Crippen MR) is 46.1 cm³/mol. The van der Waals surface area contributed by atoms with Crippen molar-refractivity contribution in [2.24, 2.45) is 5.73 Å². The third kappa shape index (κ3) is 7.51. The fourth-order valence-corrected chi connectivity index (χ4v) is 0.853. The number of aliphatic hydroxyl groups is 2. The number of nitrogens with two attached hydrogens (primary N) is 1. The third-order valence-corrected chi connectivity index (χ3v) is 1.42. The second kappa shape index (κ2) is 6.64. The highest BCUT2D eigenvalue weighted by atomic mass is 16.6. The van der Waals surface area contributed by atoms with Gasteiger partial charge in [0.25, 0.3) is 0 Å². The molecule has 0 radical (unpaired) electrons. The molecule has 4 N–H and O–H groups in total. The molecular formula is C7H16N2O4. The Kier molecular flexibility index (Phi) is 6.21. The number of hydrogen-bond acceptors (Lipinski definition) is 5. The number of ether oxygens (including phenoxy) is 1. The summed E-state index contributed by atoms with van der Waals surface area (Å²) >= 11 is 0. The van der Waals surface area contributed by atoms with Gasteiger partial charge in [-0.15, -0.1) is 0 Å². The molecule has 0 aromatic heterocycles. The van der Waals surface area contributed by atoms with E-state index in [1.807, 2.05) is 0 Å². The molecule has 0 aliphatic heterocycles. The summed E-state index contributed by atoms with van der Waals surface area (Å²) in [6.45, 7) is 0.701. The van der Waals surface area contributed by atoms with Crippen LogP contribution in [0.4, 0.5) is 4.79 Å². The van der Waals surface area contributed by atoms with E-state index < -0.39 is 12.2 Å². The molecule has 1 amide bonds. The van der Waals surface area contributed by atoms with Crippen LogP contribution < -0.4 is 5.73 Å². The van der Waals surface area contributed by atoms with Gasteiger partial charge in [-0.3, -0.25) is 0 Å². The molecule has 0 aliphatic rings. The van der Waals surface area contributed by atoms with Gasteiger partial charge in [-0.25, -0.2) is 4.79 Å². The van der Waals surface area contributed by atoms with E-state index in [0.717, 1.165) is 0 Å². The van der Waals surface area contributed by atoms with Crippen LogP contribution in [0.1, 0.15) is 0 Å². The van der Waals surface area contributed by atoms with E-state index in [1.54, 1.807) is 11.9 Å².